The second-order valence-corrected chi connectivity index (χ2v) is 4.53. The lowest BCUT2D eigenvalue weighted by molar-refractivity contribution is -0.140. The minimum absolute atomic E-state index is 0.0271. The fourth-order valence-electron chi connectivity index (χ4n) is 2.16. The molecule has 0 bridgehead atoms. The van der Waals surface area contributed by atoms with Crippen LogP contribution in [-0.4, -0.2) is 26.4 Å². The molecule has 19 heavy (non-hydrogen) atoms. The maximum atomic E-state index is 11.4. The Hall–Kier alpha value is -2.17. The molecule has 0 aliphatic rings. The predicted octanol–water partition coefficient (Wildman–Crippen LogP) is 2.45. The van der Waals surface area contributed by atoms with Crippen molar-refractivity contribution in [2.75, 3.05) is 0 Å². The molecular weight excluding hydrogens is 244 g/mol. The molecule has 0 saturated heterocycles. The van der Waals surface area contributed by atoms with Crippen LogP contribution >= 0.6 is 0 Å². The van der Waals surface area contributed by atoms with Crippen molar-refractivity contribution in [2.24, 2.45) is 0 Å². The predicted molar refractivity (Wildman–Crippen MR) is 71.5 cm³/mol. The molecule has 1 atom stereocenters. The lowest BCUT2D eigenvalue weighted by Crippen LogP contribution is -2.17. The number of nitrogens with zero attached hydrogens (tertiary/aromatic N) is 2. The first kappa shape index (κ1) is 13.3. The first-order valence-electron chi connectivity index (χ1n) is 6.20. The van der Waals surface area contributed by atoms with E-state index in [0.29, 0.717) is 23.3 Å². The third-order valence-corrected chi connectivity index (χ3v) is 3.23. The summed E-state index contributed by atoms with van der Waals surface area (Å²) in [4.78, 5) is 27.0. The molecule has 5 nitrogen and oxygen atoms in total. The second kappa shape index (κ2) is 4.84. The standard InChI is InChI=1S/C14H16N2O3/c1-4-13-15-11-7-10(9(3)17)5-6-12(11)16(13)8(2)14(18)19/h5-8H,4H2,1-3H3,(H,18,19). The van der Waals surface area contributed by atoms with Crippen LogP contribution in [-0.2, 0) is 11.2 Å². The molecule has 0 aliphatic carbocycles. The van der Waals surface area contributed by atoms with Crippen molar-refractivity contribution in [1.82, 2.24) is 9.55 Å². The zero-order valence-corrected chi connectivity index (χ0v) is 11.2. The number of hydrogen-bond acceptors (Lipinski definition) is 3. The van der Waals surface area contributed by atoms with Crippen molar-refractivity contribution in [3.63, 3.8) is 0 Å². The fourth-order valence-corrected chi connectivity index (χ4v) is 2.16. The molecule has 0 saturated carbocycles. The van der Waals surface area contributed by atoms with E-state index in [-0.39, 0.29) is 5.78 Å². The van der Waals surface area contributed by atoms with Gasteiger partial charge in [0.2, 0.25) is 0 Å². The van der Waals surface area contributed by atoms with Gasteiger partial charge in [0, 0.05) is 12.0 Å². The van der Waals surface area contributed by atoms with Gasteiger partial charge >= 0.3 is 5.97 Å². The van der Waals surface area contributed by atoms with Crippen LogP contribution in [0.2, 0.25) is 0 Å². The summed E-state index contributed by atoms with van der Waals surface area (Å²) in [5.41, 5.74) is 2.00. The Labute approximate surface area is 110 Å². The SMILES string of the molecule is CCc1nc2cc(C(C)=O)ccc2n1C(C)C(=O)O. The van der Waals surface area contributed by atoms with E-state index in [4.69, 9.17) is 0 Å². The van der Waals surface area contributed by atoms with Gasteiger partial charge in [-0.2, -0.15) is 0 Å². The summed E-state index contributed by atoms with van der Waals surface area (Å²) < 4.78 is 1.71. The van der Waals surface area contributed by atoms with Crippen LogP contribution in [0.5, 0.6) is 0 Å². The third-order valence-electron chi connectivity index (χ3n) is 3.23. The number of aryl methyl sites for hydroxylation is 1. The topological polar surface area (TPSA) is 72.2 Å². The van der Waals surface area contributed by atoms with Gasteiger partial charge in [-0.1, -0.05) is 6.92 Å². The number of hydrogen-bond donors (Lipinski definition) is 1. The zero-order valence-electron chi connectivity index (χ0n) is 11.2. The molecule has 1 aromatic carbocycles. The molecule has 1 aromatic heterocycles. The van der Waals surface area contributed by atoms with E-state index >= 15 is 0 Å². The minimum atomic E-state index is -0.898. The van der Waals surface area contributed by atoms with Gasteiger partial charge in [-0.25, -0.2) is 9.78 Å². The van der Waals surface area contributed by atoms with Gasteiger partial charge in [0.25, 0.3) is 0 Å². The number of carbonyl (C=O) groups is 2. The number of carboxylic acid groups (broad SMARTS) is 1. The fraction of sp³-hybridized carbons (Fsp3) is 0.357. The van der Waals surface area contributed by atoms with Crippen molar-refractivity contribution in [1.29, 1.82) is 0 Å². The largest absolute Gasteiger partial charge is 0.480 e. The van der Waals surface area contributed by atoms with E-state index in [2.05, 4.69) is 4.98 Å². The van der Waals surface area contributed by atoms with Gasteiger partial charge in [-0.3, -0.25) is 4.79 Å². The van der Waals surface area contributed by atoms with Crippen molar-refractivity contribution in [3.05, 3.63) is 29.6 Å². The lowest BCUT2D eigenvalue weighted by atomic mass is 10.1. The van der Waals surface area contributed by atoms with Crippen molar-refractivity contribution >= 4 is 22.8 Å². The van der Waals surface area contributed by atoms with Gasteiger partial charge in [-0.05, 0) is 32.0 Å². The third kappa shape index (κ3) is 2.23. The van der Waals surface area contributed by atoms with Crippen LogP contribution in [0.15, 0.2) is 18.2 Å². The maximum absolute atomic E-state index is 11.4. The Balaban J connectivity index is 2.69. The van der Waals surface area contributed by atoms with Crippen molar-refractivity contribution in [3.8, 4) is 0 Å². The first-order chi connectivity index (χ1) is 8.95. The molecule has 0 radical (unpaired) electrons. The molecule has 0 amide bonds. The van der Waals surface area contributed by atoms with E-state index in [9.17, 15) is 14.7 Å². The van der Waals surface area contributed by atoms with Crippen LogP contribution in [0.4, 0.5) is 0 Å². The number of fused-ring (bicyclic) bond motifs is 1. The highest BCUT2D eigenvalue weighted by Gasteiger charge is 2.20. The van der Waals surface area contributed by atoms with Crippen molar-refractivity contribution in [2.45, 2.75) is 33.2 Å². The summed E-state index contributed by atoms with van der Waals surface area (Å²) in [6.07, 6.45) is 0.641. The lowest BCUT2D eigenvalue weighted by Gasteiger charge is -2.12. The smallest absolute Gasteiger partial charge is 0.326 e. The highest BCUT2D eigenvalue weighted by atomic mass is 16.4. The van der Waals surface area contributed by atoms with E-state index in [1.807, 2.05) is 6.92 Å². The first-order valence-corrected chi connectivity index (χ1v) is 6.20. The number of benzene rings is 1. The van der Waals surface area contributed by atoms with E-state index in [1.165, 1.54) is 6.92 Å². The maximum Gasteiger partial charge on any atom is 0.326 e. The number of rotatable bonds is 4. The molecular formula is C14H16N2O3. The summed E-state index contributed by atoms with van der Waals surface area (Å²) in [5.74, 6) is -0.212. The zero-order chi connectivity index (χ0) is 14.2. The van der Waals surface area contributed by atoms with Crippen LogP contribution < -0.4 is 0 Å². The number of imidazole rings is 1. The van der Waals surface area contributed by atoms with Crippen LogP contribution in [0.1, 0.15) is 43.0 Å². The van der Waals surface area contributed by atoms with Gasteiger partial charge in [0.1, 0.15) is 11.9 Å². The van der Waals surface area contributed by atoms with E-state index < -0.39 is 12.0 Å². The molecule has 2 rings (SSSR count). The molecule has 0 spiro atoms. The summed E-state index contributed by atoms with van der Waals surface area (Å²) in [6, 6.07) is 4.50. The Morgan fingerprint density at radius 1 is 1.42 bits per heavy atom. The van der Waals surface area contributed by atoms with E-state index in [0.717, 1.165) is 5.52 Å². The molecule has 5 heteroatoms. The van der Waals surface area contributed by atoms with Crippen LogP contribution in [0, 0.1) is 0 Å². The van der Waals surface area contributed by atoms with Gasteiger partial charge < -0.3 is 9.67 Å². The summed E-state index contributed by atoms with van der Waals surface area (Å²) >= 11 is 0. The molecule has 2 aromatic rings. The number of aliphatic carboxylic acids is 1. The quantitative estimate of drug-likeness (QED) is 0.857. The number of ketones is 1. The Kier molecular flexibility index (Phi) is 3.38. The molecule has 0 fully saturated rings. The average Bonchev–Trinajstić information content (AvgIpc) is 2.74. The number of aromatic nitrogens is 2. The Morgan fingerprint density at radius 3 is 2.63 bits per heavy atom. The Bertz CT molecular complexity index is 658. The Morgan fingerprint density at radius 2 is 2.11 bits per heavy atom. The van der Waals surface area contributed by atoms with Crippen molar-refractivity contribution < 1.29 is 14.7 Å². The van der Waals surface area contributed by atoms with Gasteiger partial charge in [0.15, 0.2) is 5.78 Å². The van der Waals surface area contributed by atoms with Crippen LogP contribution in [0.25, 0.3) is 11.0 Å². The number of Topliss-reactive ketones (excluding diaryl/α,β-unsaturated/α-hetero) is 1. The minimum Gasteiger partial charge on any atom is -0.480 e. The summed E-state index contributed by atoms with van der Waals surface area (Å²) in [6.45, 7) is 5.05. The highest BCUT2D eigenvalue weighted by Crippen LogP contribution is 2.23. The second-order valence-electron chi connectivity index (χ2n) is 4.53. The molecule has 1 unspecified atom stereocenters. The summed E-state index contributed by atoms with van der Waals surface area (Å²) in [5, 5.41) is 9.17. The van der Waals surface area contributed by atoms with E-state index in [1.54, 1.807) is 29.7 Å². The van der Waals surface area contributed by atoms with Gasteiger partial charge in [-0.15, -0.1) is 0 Å². The average molecular weight is 260 g/mol. The monoisotopic (exact) mass is 260 g/mol. The highest BCUT2D eigenvalue weighted by molar-refractivity contribution is 5.97. The molecule has 0 aliphatic heterocycles. The van der Waals surface area contributed by atoms with Crippen LogP contribution in [0.3, 0.4) is 0 Å². The molecule has 100 valence electrons. The molecule has 1 N–H and O–H groups in total. The number of carboxylic acids is 1. The molecule has 1 heterocycles. The van der Waals surface area contributed by atoms with Gasteiger partial charge in [0.05, 0.1) is 11.0 Å². The summed E-state index contributed by atoms with van der Waals surface area (Å²) in [7, 11) is 0. The normalized spacial score (nSPS) is 12.6. The number of carbonyl (C=O) groups excluding carboxylic acids is 1.